The highest BCUT2D eigenvalue weighted by Crippen LogP contribution is 2.12. The van der Waals surface area contributed by atoms with Crippen LogP contribution < -0.4 is 0 Å². The van der Waals surface area contributed by atoms with Crippen molar-refractivity contribution in [3.63, 3.8) is 0 Å². The first-order valence-corrected chi connectivity index (χ1v) is 4.35. The normalized spacial score (nSPS) is 11.2. The fourth-order valence-corrected chi connectivity index (χ4v) is 1.07. The lowest BCUT2D eigenvalue weighted by molar-refractivity contribution is 0.572. The Hall–Kier alpha value is -1.14. The number of rotatable bonds is 6. The molecule has 0 saturated carbocycles. The number of terminal acetylenes is 2. The van der Waals surface area contributed by atoms with Gasteiger partial charge in [-0.15, -0.1) is 31.3 Å². The van der Waals surface area contributed by atoms with Crippen LogP contribution in [-0.4, -0.2) is 0 Å². The fraction of sp³-hybridized carbons (Fsp3) is 0.500. The molecule has 64 valence electrons. The topological polar surface area (TPSA) is 0 Å². The third kappa shape index (κ3) is 5.63. The second-order valence-corrected chi connectivity index (χ2v) is 2.84. The average molecular weight is 160 g/mol. The van der Waals surface area contributed by atoms with Gasteiger partial charge in [0.1, 0.15) is 0 Å². The molecule has 0 amide bonds. The summed E-state index contributed by atoms with van der Waals surface area (Å²) in [5.74, 6) is 5.59. The second-order valence-electron chi connectivity index (χ2n) is 2.84. The van der Waals surface area contributed by atoms with Crippen molar-refractivity contribution >= 4 is 0 Å². The number of hydrogen-bond acceptors (Lipinski definition) is 0. The van der Waals surface area contributed by atoms with Crippen molar-refractivity contribution in [1.29, 1.82) is 0 Å². The first-order valence-electron chi connectivity index (χ1n) is 4.35. The molecule has 0 heteroatoms. The van der Waals surface area contributed by atoms with Gasteiger partial charge in [-0.2, -0.15) is 0 Å². The smallest absolute Gasteiger partial charge is 0.0309 e. The van der Waals surface area contributed by atoms with Gasteiger partial charge < -0.3 is 0 Å². The molecule has 0 aliphatic heterocycles. The molecule has 0 fully saturated rings. The zero-order chi connectivity index (χ0) is 9.23. The highest BCUT2D eigenvalue weighted by molar-refractivity contribution is 5.00. The lowest BCUT2D eigenvalue weighted by Crippen LogP contribution is -1.94. The molecule has 0 rings (SSSR count). The van der Waals surface area contributed by atoms with E-state index in [2.05, 4.69) is 18.4 Å². The van der Waals surface area contributed by atoms with Gasteiger partial charge in [0.25, 0.3) is 0 Å². The summed E-state index contributed by atoms with van der Waals surface area (Å²) in [4.78, 5) is 0. The minimum Gasteiger partial charge on any atom is -0.120 e. The quantitative estimate of drug-likeness (QED) is 0.318. The van der Waals surface area contributed by atoms with Gasteiger partial charge in [0.05, 0.1) is 0 Å². The molecule has 0 radical (unpaired) electrons. The zero-order valence-electron chi connectivity index (χ0n) is 7.55. The number of hydrogen-bond donors (Lipinski definition) is 0. The highest BCUT2D eigenvalue weighted by Gasteiger charge is 2.01. The van der Waals surface area contributed by atoms with E-state index in [9.17, 15) is 0 Å². The molecule has 0 aliphatic rings. The van der Waals surface area contributed by atoms with Crippen molar-refractivity contribution in [3.05, 3.63) is 12.7 Å². The molecular formula is C12H16. The van der Waals surface area contributed by atoms with Gasteiger partial charge in [-0.25, -0.2) is 0 Å². The average Bonchev–Trinajstić information content (AvgIpc) is 2.10. The van der Waals surface area contributed by atoms with Gasteiger partial charge in [0, 0.05) is 12.3 Å². The summed E-state index contributed by atoms with van der Waals surface area (Å²) < 4.78 is 0. The predicted octanol–water partition coefficient (Wildman–Crippen LogP) is 3.01. The Kier molecular flexibility index (Phi) is 7.21. The molecule has 12 heavy (non-hydrogen) atoms. The van der Waals surface area contributed by atoms with Crippen LogP contribution in [0.25, 0.3) is 0 Å². The van der Waals surface area contributed by atoms with Crippen molar-refractivity contribution in [2.24, 2.45) is 5.92 Å². The van der Waals surface area contributed by atoms with E-state index in [4.69, 9.17) is 12.8 Å². The lowest BCUT2D eigenvalue weighted by Gasteiger charge is -2.04. The molecule has 0 aromatic rings. The predicted molar refractivity (Wildman–Crippen MR) is 54.4 cm³/mol. The van der Waals surface area contributed by atoms with Crippen LogP contribution in [0.1, 0.15) is 32.1 Å². The molecule has 0 heterocycles. The molecule has 1 unspecified atom stereocenters. The van der Waals surface area contributed by atoms with Gasteiger partial charge in [-0.05, 0) is 19.3 Å². The van der Waals surface area contributed by atoms with E-state index in [0.29, 0.717) is 6.42 Å². The largest absolute Gasteiger partial charge is 0.120 e. The molecule has 0 saturated heterocycles. The van der Waals surface area contributed by atoms with E-state index in [1.807, 2.05) is 6.08 Å². The Balaban J connectivity index is 3.41. The van der Waals surface area contributed by atoms with Gasteiger partial charge >= 0.3 is 0 Å². The Labute approximate surface area is 76.1 Å². The van der Waals surface area contributed by atoms with E-state index in [0.717, 1.165) is 19.3 Å². The summed E-state index contributed by atoms with van der Waals surface area (Å²) in [6.07, 6.45) is 17.6. The minimum atomic E-state index is 0.278. The SMILES string of the molecule is C#CCC(C#C)CCCCC=C. The number of unbranched alkanes of at least 4 members (excludes halogenated alkanes) is 2. The van der Waals surface area contributed by atoms with Crippen molar-refractivity contribution in [2.45, 2.75) is 32.1 Å². The first kappa shape index (κ1) is 10.9. The lowest BCUT2D eigenvalue weighted by atomic mass is 9.99. The van der Waals surface area contributed by atoms with Crippen molar-refractivity contribution < 1.29 is 0 Å². The summed E-state index contributed by atoms with van der Waals surface area (Å²) in [7, 11) is 0. The Morgan fingerprint density at radius 3 is 2.58 bits per heavy atom. The molecule has 0 bridgehead atoms. The van der Waals surface area contributed by atoms with Crippen molar-refractivity contribution in [2.75, 3.05) is 0 Å². The third-order valence-electron chi connectivity index (χ3n) is 1.81. The van der Waals surface area contributed by atoms with Gasteiger partial charge in [0.2, 0.25) is 0 Å². The maximum atomic E-state index is 5.31. The molecule has 0 nitrogen and oxygen atoms in total. The van der Waals surface area contributed by atoms with Gasteiger partial charge in [-0.3, -0.25) is 0 Å². The van der Waals surface area contributed by atoms with Crippen molar-refractivity contribution in [3.8, 4) is 24.7 Å². The van der Waals surface area contributed by atoms with Crippen LogP contribution in [0, 0.1) is 30.6 Å². The summed E-state index contributed by atoms with van der Waals surface area (Å²) in [5.41, 5.74) is 0. The molecule has 0 spiro atoms. The second kappa shape index (κ2) is 7.96. The highest BCUT2D eigenvalue weighted by atomic mass is 14.0. The zero-order valence-corrected chi connectivity index (χ0v) is 7.55. The van der Waals surface area contributed by atoms with E-state index >= 15 is 0 Å². The third-order valence-corrected chi connectivity index (χ3v) is 1.81. The van der Waals surface area contributed by atoms with Crippen LogP contribution in [-0.2, 0) is 0 Å². The van der Waals surface area contributed by atoms with E-state index in [1.54, 1.807) is 0 Å². The van der Waals surface area contributed by atoms with E-state index in [1.165, 1.54) is 6.42 Å². The van der Waals surface area contributed by atoms with E-state index in [-0.39, 0.29) is 5.92 Å². The monoisotopic (exact) mass is 160 g/mol. The molecular weight excluding hydrogens is 144 g/mol. The van der Waals surface area contributed by atoms with Crippen LogP contribution in [0.2, 0.25) is 0 Å². The molecule has 0 N–H and O–H groups in total. The molecule has 0 aromatic heterocycles. The van der Waals surface area contributed by atoms with Crippen LogP contribution in [0.4, 0.5) is 0 Å². The molecule has 0 aliphatic carbocycles. The van der Waals surface area contributed by atoms with Crippen LogP contribution in [0.5, 0.6) is 0 Å². The summed E-state index contributed by atoms with van der Waals surface area (Å²) >= 11 is 0. The van der Waals surface area contributed by atoms with Crippen LogP contribution in [0.3, 0.4) is 0 Å². The Bertz CT molecular complexity index is 187. The summed E-state index contributed by atoms with van der Waals surface area (Å²) in [5, 5.41) is 0. The standard InChI is InChI=1S/C12H16/c1-4-7-8-9-11-12(6-3)10-5-2/h2-4,12H,1,7-11H2. The summed E-state index contributed by atoms with van der Waals surface area (Å²) in [6, 6.07) is 0. The maximum Gasteiger partial charge on any atom is 0.0309 e. The minimum absolute atomic E-state index is 0.278. The fourth-order valence-electron chi connectivity index (χ4n) is 1.07. The van der Waals surface area contributed by atoms with Crippen LogP contribution in [0.15, 0.2) is 12.7 Å². The first-order chi connectivity index (χ1) is 5.85. The Morgan fingerprint density at radius 1 is 1.33 bits per heavy atom. The van der Waals surface area contributed by atoms with E-state index < -0.39 is 0 Å². The Morgan fingerprint density at radius 2 is 2.08 bits per heavy atom. The summed E-state index contributed by atoms with van der Waals surface area (Å²) in [6.45, 7) is 3.66. The maximum absolute atomic E-state index is 5.31. The van der Waals surface area contributed by atoms with Gasteiger partial charge in [0.15, 0.2) is 0 Å². The van der Waals surface area contributed by atoms with Gasteiger partial charge in [-0.1, -0.05) is 12.5 Å². The molecule has 1 atom stereocenters. The molecule has 0 aromatic carbocycles. The van der Waals surface area contributed by atoms with Crippen LogP contribution >= 0.6 is 0 Å². The van der Waals surface area contributed by atoms with Crippen molar-refractivity contribution in [1.82, 2.24) is 0 Å². The number of allylic oxidation sites excluding steroid dienone is 1.